The zero-order valence-corrected chi connectivity index (χ0v) is 12.7. The molecule has 1 heterocycles. The van der Waals surface area contributed by atoms with Crippen LogP contribution in [0.5, 0.6) is 0 Å². The van der Waals surface area contributed by atoms with Crippen molar-refractivity contribution in [1.29, 1.82) is 0 Å². The minimum atomic E-state index is -4.09. The van der Waals surface area contributed by atoms with Crippen LogP contribution in [0.4, 0.5) is 0 Å². The second-order valence-electron chi connectivity index (χ2n) is 3.80. The Morgan fingerprint density at radius 1 is 1.00 bits per heavy atom. The van der Waals surface area contributed by atoms with Crippen molar-refractivity contribution in [3.63, 3.8) is 0 Å². The van der Waals surface area contributed by atoms with Gasteiger partial charge in [-0.25, -0.2) is 8.37 Å². The Labute approximate surface area is 119 Å². The maximum atomic E-state index is 11.6. The van der Waals surface area contributed by atoms with Gasteiger partial charge in [-0.3, -0.25) is 0 Å². The summed E-state index contributed by atoms with van der Waals surface area (Å²) in [4.78, 5) is 0. The van der Waals surface area contributed by atoms with Crippen LogP contribution in [0.2, 0.25) is 0 Å². The first-order valence-electron chi connectivity index (χ1n) is 5.41. The lowest BCUT2D eigenvalue weighted by molar-refractivity contribution is 0.191. The third-order valence-electron chi connectivity index (χ3n) is 2.21. The first-order chi connectivity index (χ1) is 8.88. The van der Waals surface area contributed by atoms with Crippen LogP contribution in [-0.2, 0) is 41.1 Å². The van der Waals surface area contributed by atoms with Crippen molar-refractivity contribution in [2.75, 3.05) is 23.0 Å². The highest BCUT2D eigenvalue weighted by Crippen LogP contribution is 2.23. The fourth-order valence-electron chi connectivity index (χ4n) is 1.48. The van der Waals surface area contributed by atoms with E-state index in [1.54, 1.807) is 0 Å². The van der Waals surface area contributed by atoms with Gasteiger partial charge in [-0.2, -0.15) is 8.42 Å². The second kappa shape index (κ2) is 7.67. The average molecular weight is 328 g/mol. The van der Waals surface area contributed by atoms with E-state index in [9.17, 15) is 17.5 Å². The Morgan fingerprint density at radius 2 is 1.37 bits per heavy atom. The molecular formula is C10H16O6S3. The largest absolute Gasteiger partial charge is 0.616 e. The summed E-state index contributed by atoms with van der Waals surface area (Å²) in [5, 5.41) is 0. The van der Waals surface area contributed by atoms with Crippen LogP contribution >= 0.6 is 0 Å². The van der Waals surface area contributed by atoms with Crippen molar-refractivity contribution in [2.24, 2.45) is 0 Å². The molecule has 0 N–H and O–H groups in total. The minimum absolute atomic E-state index is 0.00120. The highest BCUT2D eigenvalue weighted by molar-refractivity contribution is 7.92. The summed E-state index contributed by atoms with van der Waals surface area (Å²) in [6, 6.07) is 0. The summed E-state index contributed by atoms with van der Waals surface area (Å²) in [6.45, 7) is 6.91. The van der Waals surface area contributed by atoms with Crippen LogP contribution in [0.3, 0.4) is 0 Å². The lowest BCUT2D eigenvalue weighted by Crippen LogP contribution is -2.36. The number of hydrogen-bond donors (Lipinski definition) is 0. The molecule has 0 bridgehead atoms. The predicted molar refractivity (Wildman–Crippen MR) is 74.8 cm³/mol. The Kier molecular flexibility index (Phi) is 6.87. The fraction of sp³-hybridized carbons (Fsp3) is 0.600. The van der Waals surface area contributed by atoms with Crippen molar-refractivity contribution in [1.82, 2.24) is 0 Å². The van der Waals surface area contributed by atoms with Crippen LogP contribution in [0.25, 0.3) is 0 Å². The molecule has 1 aliphatic rings. The Hall–Kier alpha value is -0.0300. The third kappa shape index (κ3) is 5.86. The highest BCUT2D eigenvalue weighted by atomic mass is 32.3. The normalized spacial score (nSPS) is 28.7. The Morgan fingerprint density at radius 3 is 1.68 bits per heavy atom. The second-order valence-corrected chi connectivity index (χ2v) is 8.10. The molecule has 4 atom stereocenters. The van der Waals surface area contributed by atoms with Crippen LogP contribution in [0.1, 0.15) is 0 Å². The SMILES string of the molecule is C=CC[S+]([O-])CC1OS(=O)(=O)OC1C[S+]([O-])CC=C. The van der Waals surface area contributed by atoms with Gasteiger partial charge in [0.1, 0.15) is 23.0 Å². The molecule has 0 aromatic heterocycles. The van der Waals surface area contributed by atoms with Crippen molar-refractivity contribution in [2.45, 2.75) is 12.2 Å². The summed E-state index contributed by atoms with van der Waals surface area (Å²) in [7, 11) is -4.09. The standard InChI is InChI=1S/C10H16O6S3/c1-3-5-17(11)7-9-10(8-18(12)6-4-2)16-19(13,14)15-9/h3-4,9-10H,1-2,5-8H2. The van der Waals surface area contributed by atoms with E-state index in [0.29, 0.717) is 0 Å². The zero-order chi connectivity index (χ0) is 14.5. The van der Waals surface area contributed by atoms with E-state index >= 15 is 0 Å². The summed E-state index contributed by atoms with van der Waals surface area (Å²) >= 11 is -2.58. The minimum Gasteiger partial charge on any atom is -0.616 e. The summed E-state index contributed by atoms with van der Waals surface area (Å²) in [5.74, 6) is 0.479. The van der Waals surface area contributed by atoms with E-state index in [1.807, 2.05) is 0 Å². The van der Waals surface area contributed by atoms with Gasteiger partial charge in [-0.1, -0.05) is 13.2 Å². The summed E-state index contributed by atoms with van der Waals surface area (Å²) in [5.41, 5.74) is 0. The molecular weight excluding hydrogens is 312 g/mol. The highest BCUT2D eigenvalue weighted by Gasteiger charge is 2.44. The van der Waals surface area contributed by atoms with E-state index in [2.05, 4.69) is 13.2 Å². The Bertz CT molecular complexity index is 377. The first-order valence-corrected chi connectivity index (χ1v) is 9.72. The molecule has 0 aromatic carbocycles. The van der Waals surface area contributed by atoms with Gasteiger partial charge in [0.2, 0.25) is 0 Å². The van der Waals surface area contributed by atoms with Crippen molar-refractivity contribution in [3.05, 3.63) is 25.3 Å². The lowest BCUT2D eigenvalue weighted by atomic mass is 10.3. The molecule has 0 radical (unpaired) electrons. The maximum Gasteiger partial charge on any atom is 0.400 e. The van der Waals surface area contributed by atoms with Crippen molar-refractivity contribution in [3.8, 4) is 0 Å². The van der Waals surface area contributed by atoms with E-state index < -0.39 is 45.0 Å². The van der Waals surface area contributed by atoms with Gasteiger partial charge in [0.15, 0.2) is 12.2 Å². The van der Waals surface area contributed by atoms with E-state index in [0.717, 1.165) is 0 Å². The average Bonchev–Trinajstić information content (AvgIpc) is 2.53. The molecule has 1 fully saturated rings. The molecule has 6 nitrogen and oxygen atoms in total. The molecule has 1 saturated heterocycles. The first kappa shape index (κ1) is 17.0. The monoisotopic (exact) mass is 328 g/mol. The van der Waals surface area contributed by atoms with Crippen LogP contribution in [0.15, 0.2) is 25.3 Å². The fourth-order valence-corrected chi connectivity index (χ4v) is 4.79. The zero-order valence-electron chi connectivity index (χ0n) is 10.2. The molecule has 1 rings (SSSR count). The predicted octanol–water partition coefficient (Wildman–Crippen LogP) is -0.115. The molecule has 4 unspecified atom stereocenters. The van der Waals surface area contributed by atoms with Gasteiger partial charge >= 0.3 is 10.4 Å². The van der Waals surface area contributed by atoms with Crippen molar-refractivity contribution >= 4 is 32.8 Å². The van der Waals surface area contributed by atoms with Crippen LogP contribution in [0, 0.1) is 0 Å². The molecule has 9 heteroatoms. The molecule has 110 valence electrons. The molecule has 0 amide bonds. The van der Waals surface area contributed by atoms with Gasteiger partial charge in [0.25, 0.3) is 0 Å². The van der Waals surface area contributed by atoms with Gasteiger partial charge in [-0.05, 0) is 34.5 Å². The van der Waals surface area contributed by atoms with Crippen molar-refractivity contribution < 1.29 is 25.9 Å². The number of hydrogen-bond acceptors (Lipinski definition) is 6. The maximum absolute atomic E-state index is 11.6. The summed E-state index contributed by atoms with van der Waals surface area (Å²) < 4.78 is 55.1. The van der Waals surface area contributed by atoms with Crippen LogP contribution < -0.4 is 0 Å². The van der Waals surface area contributed by atoms with Gasteiger partial charge in [0, 0.05) is 0 Å². The van der Waals surface area contributed by atoms with E-state index in [1.165, 1.54) is 12.2 Å². The Balaban J connectivity index is 2.64. The smallest absolute Gasteiger partial charge is 0.400 e. The molecule has 0 aliphatic carbocycles. The van der Waals surface area contributed by atoms with Gasteiger partial charge in [0.05, 0.1) is 0 Å². The molecule has 19 heavy (non-hydrogen) atoms. The van der Waals surface area contributed by atoms with E-state index in [4.69, 9.17) is 8.37 Å². The lowest BCUT2D eigenvalue weighted by Gasteiger charge is -2.17. The molecule has 0 aromatic rings. The molecule has 1 aliphatic heterocycles. The van der Waals surface area contributed by atoms with Crippen LogP contribution in [-0.4, -0.2) is 52.7 Å². The quantitative estimate of drug-likeness (QED) is 0.455. The molecule has 0 saturated carbocycles. The number of rotatable bonds is 8. The van der Waals surface area contributed by atoms with Gasteiger partial charge in [-0.15, -0.1) is 0 Å². The summed E-state index contributed by atoms with van der Waals surface area (Å²) in [6.07, 6.45) is 1.20. The van der Waals surface area contributed by atoms with Gasteiger partial charge < -0.3 is 9.11 Å². The molecule has 0 spiro atoms. The third-order valence-corrected chi connectivity index (χ3v) is 5.79. The topological polar surface area (TPSA) is 98.7 Å². The van der Waals surface area contributed by atoms with E-state index in [-0.39, 0.29) is 23.0 Å².